The Morgan fingerprint density at radius 1 is 0.923 bits per heavy atom. The van der Waals surface area contributed by atoms with Gasteiger partial charge in [-0.2, -0.15) is 0 Å². The zero-order valence-corrected chi connectivity index (χ0v) is 23.9. The van der Waals surface area contributed by atoms with Crippen molar-refractivity contribution in [2.45, 2.75) is 40.7 Å². The molecular weight excluding hydrogens is 543 g/mol. The van der Waals surface area contributed by atoms with Gasteiger partial charge >= 0.3 is 11.9 Å². The first-order chi connectivity index (χ1) is 18.4. The van der Waals surface area contributed by atoms with Crippen LogP contribution in [0.25, 0.3) is 5.57 Å². The average molecular weight is 571 g/mol. The second kappa shape index (κ2) is 12.8. The van der Waals surface area contributed by atoms with Gasteiger partial charge in [-0.25, -0.2) is 9.78 Å². The lowest BCUT2D eigenvalue weighted by Crippen LogP contribution is -2.40. The Morgan fingerprint density at radius 3 is 1.97 bits per heavy atom. The van der Waals surface area contributed by atoms with E-state index < -0.39 is 23.9 Å². The van der Waals surface area contributed by atoms with Gasteiger partial charge in [-0.3, -0.25) is 9.59 Å². The molecule has 1 atom stereocenters. The van der Waals surface area contributed by atoms with Crippen molar-refractivity contribution in [1.29, 1.82) is 0 Å². The van der Waals surface area contributed by atoms with E-state index in [4.69, 9.17) is 37.4 Å². The van der Waals surface area contributed by atoms with E-state index in [0.717, 1.165) is 22.3 Å². The number of esters is 2. The fourth-order valence-electron chi connectivity index (χ4n) is 3.78. The number of nitrogens with zero attached hydrogens (tertiary/aromatic N) is 1. The topological polar surface area (TPSA) is 104 Å². The van der Waals surface area contributed by atoms with Crippen LogP contribution >= 0.6 is 23.2 Å². The van der Waals surface area contributed by atoms with Crippen molar-refractivity contribution < 1.29 is 28.6 Å². The Labute approximate surface area is 236 Å². The van der Waals surface area contributed by atoms with Crippen molar-refractivity contribution in [1.82, 2.24) is 10.3 Å². The van der Waals surface area contributed by atoms with Crippen LogP contribution in [0.4, 0.5) is 0 Å². The molecule has 1 heterocycles. The predicted octanol–water partition coefficient (Wildman–Crippen LogP) is 6.08. The summed E-state index contributed by atoms with van der Waals surface area (Å²) in [5.74, 6) is -1.83. The number of rotatable bonds is 8. The van der Waals surface area contributed by atoms with Gasteiger partial charge < -0.3 is 19.5 Å². The number of aromatic nitrogens is 1. The number of benzene rings is 2. The zero-order chi connectivity index (χ0) is 28.9. The summed E-state index contributed by atoms with van der Waals surface area (Å²) in [6.45, 7) is 8.08. The van der Waals surface area contributed by atoms with Gasteiger partial charge in [0.25, 0.3) is 5.91 Å². The first kappa shape index (κ1) is 29.7. The predicted molar refractivity (Wildman–Crippen MR) is 149 cm³/mol. The van der Waals surface area contributed by atoms with Crippen molar-refractivity contribution in [3.05, 3.63) is 92.4 Å². The van der Waals surface area contributed by atoms with Gasteiger partial charge in [0.2, 0.25) is 5.75 Å². The largest absolute Gasteiger partial charge is 0.493 e. The molecule has 0 unspecified atom stereocenters. The number of aryl methyl sites for hydroxylation is 2. The minimum absolute atomic E-state index is 0.139. The quantitative estimate of drug-likeness (QED) is 0.258. The number of halogens is 2. The summed E-state index contributed by atoms with van der Waals surface area (Å²) in [7, 11) is 1.36. The molecule has 0 bridgehead atoms. The number of carbonyl (C=O) groups excluding carboxylic acids is 3. The van der Waals surface area contributed by atoms with Crippen LogP contribution in [0, 0.1) is 13.8 Å². The van der Waals surface area contributed by atoms with Crippen LogP contribution in [0.15, 0.2) is 54.4 Å². The molecule has 3 rings (SSSR count). The van der Waals surface area contributed by atoms with E-state index in [-0.39, 0.29) is 17.2 Å². The molecule has 0 fully saturated rings. The molecule has 0 radical (unpaired) electrons. The van der Waals surface area contributed by atoms with Crippen molar-refractivity contribution >= 4 is 46.6 Å². The maximum atomic E-state index is 13.1. The number of amides is 1. The smallest absolute Gasteiger partial charge is 0.333 e. The summed E-state index contributed by atoms with van der Waals surface area (Å²) in [6, 6.07) is 11.4. The molecule has 0 aliphatic rings. The van der Waals surface area contributed by atoms with Crippen LogP contribution < -0.4 is 14.8 Å². The summed E-state index contributed by atoms with van der Waals surface area (Å²) in [5.41, 5.74) is 3.72. The van der Waals surface area contributed by atoms with Crippen LogP contribution in [0.5, 0.6) is 11.5 Å². The minimum atomic E-state index is -1.08. The van der Waals surface area contributed by atoms with Crippen LogP contribution in [-0.2, 0) is 14.3 Å². The van der Waals surface area contributed by atoms with Crippen LogP contribution in [0.3, 0.4) is 0 Å². The number of carbonyl (C=O) groups is 3. The number of hydrogen-bond donors (Lipinski definition) is 1. The average Bonchev–Trinajstić information content (AvgIpc) is 2.88. The lowest BCUT2D eigenvalue weighted by atomic mass is 9.94. The number of methoxy groups -OCH3 is 1. The third-order valence-corrected chi connectivity index (χ3v) is 6.60. The summed E-state index contributed by atoms with van der Waals surface area (Å²) in [4.78, 5) is 41.6. The summed E-state index contributed by atoms with van der Waals surface area (Å²) >= 11 is 12.5. The zero-order valence-electron chi connectivity index (χ0n) is 22.3. The third kappa shape index (κ3) is 7.16. The molecule has 0 aliphatic carbocycles. The van der Waals surface area contributed by atoms with Gasteiger partial charge in [-0.05, 0) is 74.2 Å². The van der Waals surface area contributed by atoms with E-state index in [2.05, 4.69) is 10.3 Å². The van der Waals surface area contributed by atoms with Gasteiger partial charge in [0, 0.05) is 34.8 Å². The second-order valence-electron chi connectivity index (χ2n) is 8.76. The number of allylic oxidation sites excluding steroid dienone is 1. The SMILES string of the molecule is COc1ccnc(C(=O)N[C@@H](C)C(=O)OC(C)=C(c2ccc(Cl)c(C)c2)c2ccc(Cl)c(C)c2)c1OC(C)=O. The van der Waals surface area contributed by atoms with Crippen molar-refractivity contribution in [3.63, 3.8) is 0 Å². The maximum Gasteiger partial charge on any atom is 0.333 e. The van der Waals surface area contributed by atoms with E-state index in [9.17, 15) is 14.4 Å². The van der Waals surface area contributed by atoms with E-state index in [1.165, 1.54) is 33.2 Å². The maximum absolute atomic E-state index is 13.1. The Hall–Kier alpha value is -3.88. The Bertz CT molecular complexity index is 1410. The molecule has 0 spiro atoms. The monoisotopic (exact) mass is 570 g/mol. The van der Waals surface area contributed by atoms with E-state index in [1.807, 2.05) is 38.1 Å². The molecule has 2 aromatic carbocycles. The Morgan fingerprint density at radius 2 is 1.49 bits per heavy atom. The van der Waals surface area contributed by atoms with E-state index in [1.54, 1.807) is 19.1 Å². The molecule has 39 heavy (non-hydrogen) atoms. The van der Waals surface area contributed by atoms with Gasteiger partial charge in [0.15, 0.2) is 11.4 Å². The van der Waals surface area contributed by atoms with Gasteiger partial charge in [-0.1, -0.05) is 35.3 Å². The minimum Gasteiger partial charge on any atom is -0.493 e. The van der Waals surface area contributed by atoms with Crippen LogP contribution in [0.2, 0.25) is 10.0 Å². The lowest BCUT2D eigenvalue weighted by Gasteiger charge is -2.18. The number of hydrogen-bond acceptors (Lipinski definition) is 7. The van der Waals surface area contributed by atoms with Crippen LogP contribution in [0.1, 0.15) is 53.5 Å². The first-order valence-electron chi connectivity index (χ1n) is 11.9. The summed E-state index contributed by atoms with van der Waals surface area (Å²) in [6.07, 6.45) is 1.32. The lowest BCUT2D eigenvalue weighted by molar-refractivity contribution is -0.141. The first-order valence-corrected chi connectivity index (χ1v) is 12.7. The highest BCUT2D eigenvalue weighted by atomic mass is 35.5. The molecule has 10 heteroatoms. The normalized spacial score (nSPS) is 11.3. The van der Waals surface area contributed by atoms with E-state index in [0.29, 0.717) is 21.4 Å². The third-order valence-electron chi connectivity index (χ3n) is 5.75. The number of pyridine rings is 1. The molecule has 1 N–H and O–H groups in total. The van der Waals surface area contributed by atoms with Crippen molar-refractivity contribution in [2.75, 3.05) is 7.11 Å². The fraction of sp³-hybridized carbons (Fsp3) is 0.241. The van der Waals surface area contributed by atoms with Crippen LogP contribution in [-0.4, -0.2) is 36.0 Å². The molecule has 0 aliphatic heterocycles. The fourth-order valence-corrected chi connectivity index (χ4v) is 4.02. The summed E-state index contributed by atoms with van der Waals surface area (Å²) < 4.78 is 16.0. The molecule has 8 nitrogen and oxygen atoms in total. The number of nitrogens with one attached hydrogen (secondary N) is 1. The van der Waals surface area contributed by atoms with Gasteiger partial charge in [0.05, 0.1) is 7.11 Å². The van der Waals surface area contributed by atoms with E-state index >= 15 is 0 Å². The highest BCUT2D eigenvalue weighted by molar-refractivity contribution is 6.31. The van der Waals surface area contributed by atoms with Crippen molar-refractivity contribution in [2.24, 2.45) is 0 Å². The molecule has 1 amide bonds. The molecule has 0 saturated carbocycles. The molecule has 0 saturated heterocycles. The molecule has 1 aromatic heterocycles. The molecular formula is C29H28Cl2N2O6. The number of ether oxygens (including phenoxy) is 3. The summed E-state index contributed by atoms with van der Waals surface area (Å²) in [5, 5.41) is 3.75. The van der Waals surface area contributed by atoms with Gasteiger partial charge in [-0.15, -0.1) is 0 Å². The molecule has 204 valence electrons. The highest BCUT2D eigenvalue weighted by Crippen LogP contribution is 2.33. The Balaban J connectivity index is 1.92. The van der Waals surface area contributed by atoms with Gasteiger partial charge in [0.1, 0.15) is 11.8 Å². The Kier molecular flexibility index (Phi) is 9.72. The second-order valence-corrected chi connectivity index (χ2v) is 9.57. The molecule has 3 aromatic rings. The van der Waals surface area contributed by atoms with Crippen molar-refractivity contribution in [3.8, 4) is 11.5 Å². The highest BCUT2D eigenvalue weighted by Gasteiger charge is 2.25. The standard InChI is InChI=1S/C29H28Cl2N2O6/c1-15-13-20(7-9-22(15)30)25(21-8-10-23(31)16(2)14-21)18(4)38-29(36)17(3)33-28(35)26-27(39-19(5)34)24(37-6)11-12-32-26/h7-14,17H,1-6H3,(H,33,35)/t17-/m0/s1.